The van der Waals surface area contributed by atoms with Gasteiger partial charge in [-0.25, -0.2) is 0 Å². The van der Waals surface area contributed by atoms with Gasteiger partial charge in [-0.15, -0.1) is 0 Å². The topological polar surface area (TPSA) is 49.3 Å². The maximum Gasteiger partial charge on any atom is 0.219 e. The van der Waals surface area contributed by atoms with Gasteiger partial charge in [0.25, 0.3) is 0 Å². The molecule has 2 N–H and O–H groups in total. The van der Waals surface area contributed by atoms with Gasteiger partial charge in [0, 0.05) is 25.0 Å². The van der Waals surface area contributed by atoms with Gasteiger partial charge in [0.2, 0.25) is 5.91 Å². The molecule has 0 bridgehead atoms. The third-order valence-corrected chi connectivity index (χ3v) is 1.82. The van der Waals surface area contributed by atoms with E-state index in [2.05, 4.69) is 5.32 Å². The number of amides is 1. The minimum Gasteiger partial charge on any atom is -0.396 e. The quantitative estimate of drug-likeness (QED) is 0.579. The summed E-state index contributed by atoms with van der Waals surface area (Å²) < 4.78 is 0. The zero-order chi connectivity index (χ0) is 7.56. The van der Waals surface area contributed by atoms with E-state index in [-0.39, 0.29) is 18.6 Å². The normalized spacial score (nSPS) is 29.8. The van der Waals surface area contributed by atoms with Gasteiger partial charge in [-0.3, -0.25) is 4.79 Å². The van der Waals surface area contributed by atoms with Gasteiger partial charge >= 0.3 is 0 Å². The van der Waals surface area contributed by atoms with Crippen LogP contribution in [0.25, 0.3) is 0 Å². The van der Waals surface area contributed by atoms with E-state index in [0.29, 0.717) is 12.3 Å². The predicted molar refractivity (Wildman–Crippen MR) is 37.4 cm³/mol. The van der Waals surface area contributed by atoms with Crippen molar-refractivity contribution < 1.29 is 9.90 Å². The minimum absolute atomic E-state index is 0.0842. The Kier molecular flexibility index (Phi) is 2.27. The predicted octanol–water partition coefficient (Wildman–Crippen LogP) is -0.107. The summed E-state index contributed by atoms with van der Waals surface area (Å²) in [6.07, 6.45) is 1.48. The molecule has 0 saturated heterocycles. The van der Waals surface area contributed by atoms with E-state index in [4.69, 9.17) is 5.11 Å². The van der Waals surface area contributed by atoms with E-state index in [9.17, 15) is 4.79 Å². The summed E-state index contributed by atoms with van der Waals surface area (Å²) >= 11 is 0. The van der Waals surface area contributed by atoms with Crippen LogP contribution in [0.3, 0.4) is 0 Å². The Balaban J connectivity index is 2.11. The first-order valence-electron chi connectivity index (χ1n) is 3.68. The molecule has 0 radical (unpaired) electrons. The molecule has 58 valence electrons. The summed E-state index contributed by atoms with van der Waals surface area (Å²) in [5.74, 6) is 0.413. The second-order valence-corrected chi connectivity index (χ2v) is 2.71. The van der Waals surface area contributed by atoms with Gasteiger partial charge in [0.05, 0.1) is 0 Å². The molecule has 0 spiro atoms. The van der Waals surface area contributed by atoms with Gasteiger partial charge in [0.1, 0.15) is 0 Å². The highest BCUT2D eigenvalue weighted by Crippen LogP contribution is 2.29. The van der Waals surface area contributed by atoms with Crippen LogP contribution in [-0.4, -0.2) is 23.7 Å². The highest BCUT2D eigenvalue weighted by Gasteiger charge is 2.36. The minimum atomic E-state index is 0.0842. The molecule has 1 rings (SSSR count). The molecule has 1 amide bonds. The van der Waals surface area contributed by atoms with Crippen LogP contribution in [0.5, 0.6) is 0 Å². The number of carbonyl (C=O) groups excluding carboxylic acids is 1. The third kappa shape index (κ3) is 1.70. The van der Waals surface area contributed by atoms with E-state index in [1.807, 2.05) is 6.92 Å². The zero-order valence-corrected chi connectivity index (χ0v) is 6.13. The summed E-state index contributed by atoms with van der Waals surface area (Å²) in [5.41, 5.74) is 0. The van der Waals surface area contributed by atoms with Crippen molar-refractivity contribution in [1.29, 1.82) is 0 Å². The number of hydrogen-bond donors (Lipinski definition) is 2. The largest absolute Gasteiger partial charge is 0.396 e. The lowest BCUT2D eigenvalue weighted by Crippen LogP contribution is -2.26. The second kappa shape index (κ2) is 3.01. The van der Waals surface area contributed by atoms with E-state index in [0.717, 1.165) is 6.42 Å². The van der Waals surface area contributed by atoms with Gasteiger partial charge < -0.3 is 10.4 Å². The first kappa shape index (κ1) is 7.54. The number of aliphatic hydroxyl groups is 1. The number of hydrogen-bond acceptors (Lipinski definition) is 2. The monoisotopic (exact) mass is 143 g/mol. The molecule has 0 aromatic rings. The highest BCUT2D eigenvalue weighted by atomic mass is 16.3. The van der Waals surface area contributed by atoms with Gasteiger partial charge in [-0.05, 0) is 6.42 Å². The molecule has 10 heavy (non-hydrogen) atoms. The summed E-state index contributed by atoms with van der Waals surface area (Å²) in [6.45, 7) is 2.03. The molecule has 2 unspecified atom stereocenters. The molecule has 0 aromatic carbocycles. The molecule has 0 heterocycles. The molecule has 3 nitrogen and oxygen atoms in total. The molecule has 3 heteroatoms. The Morgan fingerprint density at radius 3 is 2.90 bits per heavy atom. The van der Waals surface area contributed by atoms with Gasteiger partial charge in [-0.1, -0.05) is 6.92 Å². The average molecular weight is 143 g/mol. The molecular formula is C7H13NO2. The van der Waals surface area contributed by atoms with E-state index < -0.39 is 0 Å². The molecule has 1 saturated carbocycles. The fraction of sp³-hybridized carbons (Fsp3) is 0.857. The van der Waals surface area contributed by atoms with E-state index in [1.165, 1.54) is 0 Å². The number of aliphatic hydroxyl groups excluding tert-OH is 1. The van der Waals surface area contributed by atoms with E-state index in [1.54, 1.807) is 0 Å². The first-order chi connectivity index (χ1) is 4.77. The Bertz CT molecular complexity index is 136. The molecule has 0 aliphatic heterocycles. The number of carbonyl (C=O) groups is 1. The van der Waals surface area contributed by atoms with Crippen molar-refractivity contribution in [1.82, 2.24) is 5.32 Å². The van der Waals surface area contributed by atoms with Crippen molar-refractivity contribution in [3.63, 3.8) is 0 Å². The molecular weight excluding hydrogens is 130 g/mol. The van der Waals surface area contributed by atoms with Crippen LogP contribution in [-0.2, 0) is 4.79 Å². The number of nitrogens with one attached hydrogen (secondary N) is 1. The summed E-state index contributed by atoms with van der Waals surface area (Å²) in [4.78, 5) is 10.7. The Labute approximate surface area is 60.4 Å². The Morgan fingerprint density at radius 2 is 2.50 bits per heavy atom. The van der Waals surface area contributed by atoms with Crippen molar-refractivity contribution in [2.24, 2.45) is 5.92 Å². The standard InChI is InChI=1S/C7H13NO2/c1-2-7(10)8-6-3-5(6)4-9/h5-6,9H,2-4H2,1H3,(H,8,10). The third-order valence-electron chi connectivity index (χ3n) is 1.82. The zero-order valence-electron chi connectivity index (χ0n) is 6.13. The van der Waals surface area contributed by atoms with Crippen molar-refractivity contribution >= 4 is 5.91 Å². The lowest BCUT2D eigenvalue weighted by molar-refractivity contribution is -0.121. The fourth-order valence-corrected chi connectivity index (χ4v) is 0.935. The van der Waals surface area contributed by atoms with Crippen LogP contribution in [0.15, 0.2) is 0 Å². The van der Waals surface area contributed by atoms with Crippen molar-refractivity contribution in [3.8, 4) is 0 Å². The molecule has 2 atom stereocenters. The van der Waals surface area contributed by atoms with Crippen LogP contribution in [0.4, 0.5) is 0 Å². The number of rotatable bonds is 3. The average Bonchev–Trinajstić information content (AvgIpc) is 2.67. The lowest BCUT2D eigenvalue weighted by Gasteiger charge is -1.99. The van der Waals surface area contributed by atoms with Crippen molar-refractivity contribution in [2.75, 3.05) is 6.61 Å². The van der Waals surface area contributed by atoms with Crippen molar-refractivity contribution in [3.05, 3.63) is 0 Å². The summed E-state index contributed by atoms with van der Waals surface area (Å²) in [6, 6.07) is 0.262. The maximum atomic E-state index is 10.7. The molecule has 1 fully saturated rings. The fourth-order valence-electron chi connectivity index (χ4n) is 0.935. The smallest absolute Gasteiger partial charge is 0.219 e. The van der Waals surface area contributed by atoms with Crippen LogP contribution in [0, 0.1) is 5.92 Å². The SMILES string of the molecule is CCC(=O)NC1CC1CO. The van der Waals surface area contributed by atoms with Gasteiger partial charge in [0.15, 0.2) is 0 Å². The van der Waals surface area contributed by atoms with E-state index >= 15 is 0 Å². The Morgan fingerprint density at radius 1 is 1.80 bits per heavy atom. The van der Waals surface area contributed by atoms with Crippen LogP contribution >= 0.6 is 0 Å². The molecule has 1 aliphatic rings. The van der Waals surface area contributed by atoms with Gasteiger partial charge in [-0.2, -0.15) is 0 Å². The molecule has 0 aromatic heterocycles. The first-order valence-corrected chi connectivity index (χ1v) is 3.68. The van der Waals surface area contributed by atoms with Crippen LogP contribution in [0.1, 0.15) is 19.8 Å². The second-order valence-electron chi connectivity index (χ2n) is 2.71. The molecule has 1 aliphatic carbocycles. The van der Waals surface area contributed by atoms with Crippen LogP contribution < -0.4 is 5.32 Å². The maximum absolute atomic E-state index is 10.7. The summed E-state index contributed by atoms with van der Waals surface area (Å²) in [7, 11) is 0. The lowest BCUT2D eigenvalue weighted by atomic mass is 10.4. The van der Waals surface area contributed by atoms with Crippen molar-refractivity contribution in [2.45, 2.75) is 25.8 Å². The highest BCUT2D eigenvalue weighted by molar-refractivity contribution is 5.76. The summed E-state index contributed by atoms with van der Waals surface area (Å²) in [5, 5.41) is 11.4. The Hall–Kier alpha value is -0.570. The van der Waals surface area contributed by atoms with Crippen LogP contribution in [0.2, 0.25) is 0 Å².